The van der Waals surface area contributed by atoms with Crippen LogP contribution in [0.15, 0.2) is 24.3 Å². The summed E-state index contributed by atoms with van der Waals surface area (Å²) in [6.07, 6.45) is 0. The van der Waals surface area contributed by atoms with Gasteiger partial charge >= 0.3 is 5.69 Å². The summed E-state index contributed by atoms with van der Waals surface area (Å²) in [4.78, 5) is 17.8. The summed E-state index contributed by atoms with van der Waals surface area (Å²) in [7, 11) is 14.2. The summed E-state index contributed by atoms with van der Waals surface area (Å²) >= 11 is 0. The molecule has 36 heavy (non-hydrogen) atoms. The van der Waals surface area contributed by atoms with E-state index in [4.69, 9.17) is 15.2 Å². The molecule has 0 bridgehead atoms. The van der Waals surface area contributed by atoms with Crippen LogP contribution in [-0.4, -0.2) is 97.4 Å². The van der Waals surface area contributed by atoms with Gasteiger partial charge in [-0.3, -0.25) is 10.1 Å². The molecule has 0 unspecified atom stereocenters. The number of anilines is 3. The Hall–Kier alpha value is -3.38. The van der Waals surface area contributed by atoms with Gasteiger partial charge in [-0.15, -0.1) is 0 Å². The Morgan fingerprint density at radius 1 is 0.778 bits per heavy atom. The predicted octanol–water partition coefficient (Wildman–Crippen LogP) is 3.15. The number of nitro benzene ring substituents is 1. The third kappa shape index (κ3) is 9.00. The van der Waals surface area contributed by atoms with Gasteiger partial charge in [0.15, 0.2) is 5.82 Å². The van der Waals surface area contributed by atoms with Crippen molar-refractivity contribution in [2.45, 2.75) is 0 Å². The first-order valence-electron chi connectivity index (χ1n) is 11.2. The van der Waals surface area contributed by atoms with Gasteiger partial charge in [0.1, 0.15) is 17.2 Å². The minimum Gasteiger partial charge on any atom is -0.497 e. The summed E-state index contributed by atoms with van der Waals surface area (Å²) < 4.78 is 37.3. The molecule has 0 heterocycles. The minimum absolute atomic E-state index is 0.159. The number of nitrogens with zero attached hydrogens (tertiary/aromatic N) is 5. The molecule has 12 heteroatoms. The number of rotatable bonds is 11. The van der Waals surface area contributed by atoms with E-state index in [2.05, 4.69) is 4.90 Å². The lowest BCUT2D eigenvalue weighted by molar-refractivity contribution is -0.386. The molecule has 0 aromatic heterocycles. The topological polar surface area (TPSA) is 101 Å². The Labute approximate surface area is 211 Å². The third-order valence-corrected chi connectivity index (χ3v) is 5.34. The van der Waals surface area contributed by atoms with E-state index in [0.717, 1.165) is 19.2 Å². The van der Waals surface area contributed by atoms with Gasteiger partial charge in [0.2, 0.25) is 5.82 Å². The average Bonchev–Trinajstić information content (AvgIpc) is 2.81. The van der Waals surface area contributed by atoms with Crippen molar-refractivity contribution in [3.8, 4) is 11.5 Å². The molecule has 0 aliphatic heterocycles. The summed E-state index contributed by atoms with van der Waals surface area (Å²) in [5, 5.41) is 11.0. The molecule has 2 aromatic rings. The highest BCUT2D eigenvalue weighted by Crippen LogP contribution is 2.34. The van der Waals surface area contributed by atoms with Crippen LogP contribution >= 0.6 is 0 Å². The second-order valence-electron chi connectivity index (χ2n) is 8.73. The third-order valence-electron chi connectivity index (χ3n) is 5.34. The van der Waals surface area contributed by atoms with Gasteiger partial charge in [0, 0.05) is 64.5 Å². The standard InChI is InChI=1S/C12H18FN3O3.C12H20FN3O/c1-14(2)5-6-15(3)11-8-9(19-4)7-10(13)12(11)16(17)18;1-15(2)5-6-16(3)11-8-9(17-4)7-10(13)12(11)14/h7-8H,5-6H2,1-4H3;7-8H,5-6,14H2,1-4H3. The highest BCUT2D eigenvalue weighted by molar-refractivity contribution is 5.70. The molecule has 10 nitrogen and oxygen atoms in total. The average molecular weight is 513 g/mol. The number of likely N-dealkylation sites (N-methyl/N-ethyl adjacent to an activating group) is 4. The van der Waals surface area contributed by atoms with Crippen LogP contribution < -0.4 is 25.0 Å². The lowest BCUT2D eigenvalue weighted by Crippen LogP contribution is -2.29. The number of nitro groups is 1. The summed E-state index contributed by atoms with van der Waals surface area (Å²) in [5.41, 5.74) is 6.23. The van der Waals surface area contributed by atoms with E-state index >= 15 is 0 Å². The van der Waals surface area contributed by atoms with E-state index in [1.54, 1.807) is 18.0 Å². The molecule has 0 saturated carbocycles. The Kier molecular flexibility index (Phi) is 12.1. The van der Waals surface area contributed by atoms with Crippen LogP contribution in [0, 0.1) is 21.7 Å². The van der Waals surface area contributed by atoms with Crippen LogP contribution in [0.5, 0.6) is 11.5 Å². The maximum Gasteiger partial charge on any atom is 0.328 e. The lowest BCUT2D eigenvalue weighted by Gasteiger charge is -2.23. The van der Waals surface area contributed by atoms with Gasteiger partial charge in [0.25, 0.3) is 0 Å². The van der Waals surface area contributed by atoms with Crippen LogP contribution in [0.25, 0.3) is 0 Å². The van der Waals surface area contributed by atoms with E-state index in [0.29, 0.717) is 24.5 Å². The summed E-state index contributed by atoms with van der Waals surface area (Å²) in [6.45, 7) is 2.88. The quantitative estimate of drug-likeness (QED) is 0.276. The van der Waals surface area contributed by atoms with Crippen LogP contribution in [0.2, 0.25) is 0 Å². The SMILES string of the molecule is COc1cc(F)c(N)c(N(C)CCN(C)C)c1.COc1cc(F)c([N+](=O)[O-])c(N(C)CCN(C)C)c1. The Bertz CT molecular complexity index is 1010. The van der Waals surface area contributed by atoms with Crippen molar-refractivity contribution in [1.82, 2.24) is 9.80 Å². The predicted molar refractivity (Wildman–Crippen MR) is 141 cm³/mol. The molecule has 0 aliphatic carbocycles. The number of methoxy groups -OCH3 is 2. The van der Waals surface area contributed by atoms with Gasteiger partial charge in [-0.1, -0.05) is 0 Å². The number of hydrogen-bond donors (Lipinski definition) is 1. The molecule has 0 spiro atoms. The molecule has 0 aliphatic rings. The lowest BCUT2D eigenvalue weighted by atomic mass is 10.2. The smallest absolute Gasteiger partial charge is 0.328 e. The van der Waals surface area contributed by atoms with Crippen molar-refractivity contribution < 1.29 is 23.2 Å². The zero-order valence-corrected chi connectivity index (χ0v) is 22.3. The van der Waals surface area contributed by atoms with Gasteiger partial charge in [-0.05, 0) is 28.2 Å². The van der Waals surface area contributed by atoms with E-state index in [-0.39, 0.29) is 17.1 Å². The fourth-order valence-corrected chi connectivity index (χ4v) is 3.10. The van der Waals surface area contributed by atoms with Gasteiger partial charge in [-0.25, -0.2) is 4.39 Å². The van der Waals surface area contributed by atoms with Crippen LogP contribution in [0.3, 0.4) is 0 Å². The number of nitrogen functional groups attached to an aromatic ring is 1. The van der Waals surface area contributed by atoms with E-state index in [9.17, 15) is 18.9 Å². The highest BCUT2D eigenvalue weighted by atomic mass is 19.1. The molecule has 0 radical (unpaired) electrons. The first-order chi connectivity index (χ1) is 16.8. The first-order valence-corrected chi connectivity index (χ1v) is 11.2. The summed E-state index contributed by atoms with van der Waals surface area (Å²) in [6, 6.07) is 5.52. The van der Waals surface area contributed by atoms with Crippen molar-refractivity contribution in [2.24, 2.45) is 0 Å². The summed E-state index contributed by atoms with van der Waals surface area (Å²) in [5.74, 6) is -0.606. The molecule has 0 atom stereocenters. The Balaban J connectivity index is 0.000000362. The number of ether oxygens (including phenoxy) is 2. The van der Waals surface area contributed by atoms with Crippen molar-refractivity contribution in [2.75, 3.05) is 98.2 Å². The molecule has 0 amide bonds. The number of halogens is 2. The molecule has 2 rings (SSSR count). The minimum atomic E-state index is -0.893. The normalized spacial score (nSPS) is 10.7. The van der Waals surface area contributed by atoms with E-state index in [1.807, 2.05) is 45.0 Å². The molecule has 202 valence electrons. The van der Waals surface area contributed by atoms with Crippen molar-refractivity contribution in [1.29, 1.82) is 0 Å². The van der Waals surface area contributed by atoms with Crippen LogP contribution in [-0.2, 0) is 0 Å². The maximum atomic E-state index is 13.7. The van der Waals surface area contributed by atoms with Crippen LogP contribution in [0.4, 0.5) is 31.5 Å². The Morgan fingerprint density at radius 3 is 1.61 bits per heavy atom. The van der Waals surface area contributed by atoms with E-state index in [1.165, 1.54) is 26.4 Å². The van der Waals surface area contributed by atoms with Crippen molar-refractivity contribution >= 4 is 22.7 Å². The van der Waals surface area contributed by atoms with Crippen molar-refractivity contribution in [3.05, 3.63) is 46.0 Å². The fourth-order valence-electron chi connectivity index (χ4n) is 3.10. The van der Waals surface area contributed by atoms with E-state index < -0.39 is 22.2 Å². The van der Waals surface area contributed by atoms with Crippen LogP contribution in [0.1, 0.15) is 0 Å². The Morgan fingerprint density at radius 2 is 1.19 bits per heavy atom. The fraction of sp³-hybridized carbons (Fsp3) is 0.500. The molecule has 2 N–H and O–H groups in total. The number of hydrogen-bond acceptors (Lipinski definition) is 9. The van der Waals surface area contributed by atoms with Gasteiger partial charge in [0.05, 0.1) is 30.5 Å². The molecule has 2 aromatic carbocycles. The zero-order chi connectivity index (χ0) is 27.6. The molecule has 0 fully saturated rings. The molecular weight excluding hydrogens is 474 g/mol. The molecular formula is C24H38F2N6O4. The zero-order valence-electron chi connectivity index (χ0n) is 22.3. The largest absolute Gasteiger partial charge is 0.497 e. The first kappa shape index (κ1) is 30.7. The number of benzene rings is 2. The van der Waals surface area contributed by atoms with Gasteiger partial charge < -0.3 is 34.8 Å². The number of nitrogens with two attached hydrogens (primary N) is 1. The monoisotopic (exact) mass is 512 g/mol. The highest BCUT2D eigenvalue weighted by Gasteiger charge is 2.24. The van der Waals surface area contributed by atoms with Gasteiger partial charge in [-0.2, -0.15) is 4.39 Å². The molecule has 0 saturated heterocycles. The second kappa shape index (κ2) is 14.2. The van der Waals surface area contributed by atoms with Crippen molar-refractivity contribution in [3.63, 3.8) is 0 Å². The second-order valence-corrected chi connectivity index (χ2v) is 8.73. The maximum absolute atomic E-state index is 13.7.